The molecule has 0 radical (unpaired) electrons. The van der Waals surface area contributed by atoms with Gasteiger partial charge < -0.3 is 0 Å². The molecule has 0 saturated carbocycles. The highest BCUT2D eigenvalue weighted by Crippen LogP contribution is 2.00. The summed E-state index contributed by atoms with van der Waals surface area (Å²) in [6.45, 7) is 18.0. The molecular formula is C21H45N3S3. The van der Waals surface area contributed by atoms with Crippen molar-refractivity contribution in [2.24, 2.45) is 0 Å². The standard InChI is InChI=1S/3C4H5NS.3C2H6.3CH4/c1-4-2-6-3-5-4;1-4-2-5-3-6-4;1-4-5-2-3-6-4;3*1-2;;;/h3*2-3H,1H3;3*1-2H3;3*1H4. The zero-order valence-electron chi connectivity index (χ0n) is 16.5. The normalized spacial score (nSPS) is 6.56. The quantitative estimate of drug-likeness (QED) is 0.353. The van der Waals surface area contributed by atoms with Crippen molar-refractivity contribution in [1.82, 2.24) is 15.0 Å². The molecule has 0 bridgehead atoms. The number of aromatic nitrogens is 3. The first kappa shape index (κ1) is 40.5. The van der Waals surface area contributed by atoms with E-state index in [0.29, 0.717) is 0 Å². The molecule has 0 fully saturated rings. The van der Waals surface area contributed by atoms with E-state index in [-0.39, 0.29) is 22.3 Å². The molecule has 3 heterocycles. The van der Waals surface area contributed by atoms with Gasteiger partial charge in [0.15, 0.2) is 0 Å². The predicted octanol–water partition coefficient (Wildman–Crippen LogP) is 9.34. The van der Waals surface area contributed by atoms with Crippen LogP contribution in [0.15, 0.2) is 34.2 Å². The van der Waals surface area contributed by atoms with Gasteiger partial charge in [-0.15, -0.1) is 34.0 Å². The summed E-state index contributed by atoms with van der Waals surface area (Å²) < 4.78 is 0. The van der Waals surface area contributed by atoms with E-state index in [1.54, 1.807) is 40.2 Å². The fourth-order valence-corrected chi connectivity index (χ4v) is 2.24. The van der Waals surface area contributed by atoms with Gasteiger partial charge in [-0.2, -0.15) is 0 Å². The summed E-state index contributed by atoms with van der Waals surface area (Å²) in [6, 6.07) is 0. The van der Waals surface area contributed by atoms with Crippen LogP contribution in [0.5, 0.6) is 0 Å². The number of hydrogen-bond donors (Lipinski definition) is 0. The fraction of sp³-hybridized carbons (Fsp3) is 0.571. The summed E-state index contributed by atoms with van der Waals surface area (Å²) >= 11 is 4.96. The summed E-state index contributed by atoms with van der Waals surface area (Å²) in [5.74, 6) is 0. The molecule has 0 atom stereocenters. The number of rotatable bonds is 0. The summed E-state index contributed by atoms with van der Waals surface area (Å²) in [5, 5.41) is 5.12. The Morgan fingerprint density at radius 1 is 0.741 bits per heavy atom. The third-order valence-electron chi connectivity index (χ3n) is 1.67. The minimum absolute atomic E-state index is 0. The molecule has 0 aliphatic carbocycles. The highest BCUT2D eigenvalue weighted by atomic mass is 32.1. The van der Waals surface area contributed by atoms with E-state index in [1.165, 1.54) is 4.88 Å². The molecule has 0 aliphatic heterocycles. The topological polar surface area (TPSA) is 38.7 Å². The number of nitrogens with zero attached hydrogens (tertiary/aromatic N) is 3. The molecule has 3 aromatic heterocycles. The van der Waals surface area contributed by atoms with Crippen LogP contribution < -0.4 is 0 Å². The second kappa shape index (κ2) is 35.9. The molecule has 0 amide bonds. The molecular weight excluding hydrogens is 390 g/mol. The molecule has 162 valence electrons. The van der Waals surface area contributed by atoms with Crippen LogP contribution in [0.1, 0.15) is 79.4 Å². The lowest BCUT2D eigenvalue weighted by Gasteiger charge is -1.65. The molecule has 27 heavy (non-hydrogen) atoms. The maximum absolute atomic E-state index is 3.94. The van der Waals surface area contributed by atoms with Crippen LogP contribution in [0.4, 0.5) is 0 Å². The van der Waals surface area contributed by atoms with Gasteiger partial charge >= 0.3 is 0 Å². The van der Waals surface area contributed by atoms with Gasteiger partial charge in [-0.1, -0.05) is 63.8 Å². The van der Waals surface area contributed by atoms with Gasteiger partial charge in [0.2, 0.25) is 0 Å². The van der Waals surface area contributed by atoms with Gasteiger partial charge in [-0.25, -0.2) is 0 Å². The minimum Gasteiger partial charge on any atom is -0.253 e. The van der Waals surface area contributed by atoms with Crippen molar-refractivity contribution in [1.29, 1.82) is 0 Å². The van der Waals surface area contributed by atoms with Gasteiger partial charge in [0.25, 0.3) is 0 Å². The Morgan fingerprint density at radius 3 is 1.41 bits per heavy atom. The maximum Gasteiger partial charge on any atom is 0.0893 e. The summed E-state index contributed by atoms with van der Waals surface area (Å²) in [6.07, 6.45) is 3.66. The first-order valence-electron chi connectivity index (χ1n) is 8.24. The number of thiazole rings is 3. The van der Waals surface area contributed by atoms with Crippen LogP contribution in [-0.4, -0.2) is 15.0 Å². The average Bonchev–Trinajstić information content (AvgIpc) is 3.40. The fourth-order valence-electron chi connectivity index (χ4n) is 0.847. The minimum atomic E-state index is 0. The number of aryl methyl sites for hydroxylation is 3. The summed E-state index contributed by atoms with van der Waals surface area (Å²) in [7, 11) is 0. The van der Waals surface area contributed by atoms with E-state index in [9.17, 15) is 0 Å². The Morgan fingerprint density at radius 2 is 1.30 bits per heavy atom. The zero-order valence-corrected chi connectivity index (χ0v) is 19.0. The lowest BCUT2D eigenvalue weighted by molar-refractivity contribution is 1.27. The van der Waals surface area contributed by atoms with Crippen molar-refractivity contribution >= 4 is 34.0 Å². The van der Waals surface area contributed by atoms with E-state index in [1.807, 2.05) is 90.3 Å². The predicted molar refractivity (Wildman–Crippen MR) is 135 cm³/mol. The first-order valence-corrected chi connectivity index (χ1v) is 10.9. The number of hydrogen-bond acceptors (Lipinski definition) is 6. The van der Waals surface area contributed by atoms with Gasteiger partial charge in [0.1, 0.15) is 0 Å². The molecule has 3 nitrogen and oxygen atoms in total. The smallest absolute Gasteiger partial charge is 0.0893 e. The Labute approximate surface area is 183 Å². The molecule has 3 aromatic rings. The highest BCUT2D eigenvalue weighted by molar-refractivity contribution is 7.09. The Bertz CT molecular complexity index is 414. The third-order valence-corrected chi connectivity index (χ3v) is 3.78. The Hall–Kier alpha value is -1.11. The van der Waals surface area contributed by atoms with Gasteiger partial charge in [0, 0.05) is 33.7 Å². The van der Waals surface area contributed by atoms with Crippen molar-refractivity contribution < 1.29 is 0 Å². The summed E-state index contributed by atoms with van der Waals surface area (Å²) in [5.41, 5.74) is 4.77. The molecule has 0 aliphatic rings. The second-order valence-corrected chi connectivity index (χ2v) is 6.20. The van der Waals surface area contributed by atoms with Crippen molar-refractivity contribution in [3.63, 3.8) is 0 Å². The average molecular weight is 436 g/mol. The van der Waals surface area contributed by atoms with Crippen LogP contribution >= 0.6 is 34.0 Å². The maximum atomic E-state index is 3.94. The SMILES string of the molecule is C.C.C.CC.CC.CC.Cc1cncs1.Cc1cscn1.Cc1nccs1. The monoisotopic (exact) mass is 435 g/mol. The zero-order chi connectivity index (χ0) is 19.2. The lowest BCUT2D eigenvalue weighted by atomic mass is 10.6. The second-order valence-electron chi connectivity index (χ2n) is 3.29. The lowest BCUT2D eigenvalue weighted by Crippen LogP contribution is -1.59. The van der Waals surface area contributed by atoms with E-state index in [4.69, 9.17) is 0 Å². The van der Waals surface area contributed by atoms with Crippen LogP contribution in [0, 0.1) is 20.8 Å². The van der Waals surface area contributed by atoms with Crippen LogP contribution in [0.3, 0.4) is 0 Å². The highest BCUT2D eigenvalue weighted by Gasteiger charge is 1.77. The van der Waals surface area contributed by atoms with E-state index in [0.717, 1.165) is 10.7 Å². The molecule has 0 saturated heterocycles. The van der Waals surface area contributed by atoms with Crippen molar-refractivity contribution in [3.05, 3.63) is 49.8 Å². The Balaban J connectivity index is -0.0000000513. The largest absolute Gasteiger partial charge is 0.253 e. The van der Waals surface area contributed by atoms with Crippen LogP contribution in [0.25, 0.3) is 0 Å². The van der Waals surface area contributed by atoms with Crippen molar-refractivity contribution in [2.45, 2.75) is 84.6 Å². The molecule has 6 heteroatoms. The van der Waals surface area contributed by atoms with Gasteiger partial charge in [0.05, 0.1) is 16.0 Å². The summed E-state index contributed by atoms with van der Waals surface area (Å²) in [4.78, 5) is 13.0. The van der Waals surface area contributed by atoms with Crippen LogP contribution in [0.2, 0.25) is 0 Å². The molecule has 0 N–H and O–H groups in total. The third kappa shape index (κ3) is 33.0. The van der Waals surface area contributed by atoms with E-state index >= 15 is 0 Å². The van der Waals surface area contributed by atoms with Crippen molar-refractivity contribution in [3.8, 4) is 0 Å². The molecule has 0 aromatic carbocycles. The Kier molecular flexibility index (Phi) is 53.9. The van der Waals surface area contributed by atoms with Gasteiger partial charge in [-0.3, -0.25) is 15.0 Å². The molecule has 0 spiro atoms. The molecule has 0 unspecified atom stereocenters. The van der Waals surface area contributed by atoms with Gasteiger partial charge in [-0.05, 0) is 20.8 Å². The van der Waals surface area contributed by atoms with Crippen molar-refractivity contribution in [2.75, 3.05) is 0 Å². The van der Waals surface area contributed by atoms with Crippen LogP contribution in [-0.2, 0) is 0 Å². The first-order chi connectivity index (χ1) is 11.7. The van der Waals surface area contributed by atoms with E-state index in [2.05, 4.69) is 15.0 Å². The van der Waals surface area contributed by atoms with E-state index < -0.39 is 0 Å². The molecule has 3 rings (SSSR count).